The minimum absolute atomic E-state index is 0.0642. The second-order valence-corrected chi connectivity index (χ2v) is 5.41. The van der Waals surface area contributed by atoms with E-state index in [2.05, 4.69) is 5.32 Å². The Bertz CT molecular complexity index is 761. The van der Waals surface area contributed by atoms with Crippen LogP contribution in [-0.4, -0.2) is 30.6 Å². The molecule has 0 aliphatic rings. The van der Waals surface area contributed by atoms with Gasteiger partial charge in [0, 0.05) is 6.07 Å². The van der Waals surface area contributed by atoms with Crippen LogP contribution in [0.1, 0.15) is 11.1 Å². The number of carbonyl (C=O) groups excluding carboxylic acids is 1. The van der Waals surface area contributed by atoms with E-state index in [-0.39, 0.29) is 24.0 Å². The minimum atomic E-state index is -0.550. The first-order chi connectivity index (χ1) is 12.0. The molecule has 25 heavy (non-hydrogen) atoms. The van der Waals surface area contributed by atoms with Gasteiger partial charge in [0.1, 0.15) is 12.4 Å². The summed E-state index contributed by atoms with van der Waals surface area (Å²) in [6.45, 7) is 4.32. The van der Waals surface area contributed by atoms with Gasteiger partial charge in [0.05, 0.1) is 11.5 Å². The molecule has 7 heteroatoms. The van der Waals surface area contributed by atoms with Crippen LogP contribution in [0.3, 0.4) is 0 Å². The topological polar surface area (TPSA) is 90.7 Å². The SMILES string of the molecule is Cc1cccc(OCCNC(=O)COc2ccccc2[N+](=O)[O-])c1C. The van der Waals surface area contributed by atoms with Gasteiger partial charge in [0.2, 0.25) is 0 Å². The zero-order chi connectivity index (χ0) is 18.2. The third-order valence-corrected chi connectivity index (χ3v) is 3.66. The highest BCUT2D eigenvalue weighted by molar-refractivity contribution is 5.77. The van der Waals surface area contributed by atoms with Crippen LogP contribution >= 0.6 is 0 Å². The molecule has 0 aliphatic carbocycles. The fourth-order valence-electron chi connectivity index (χ4n) is 2.16. The van der Waals surface area contributed by atoms with Crippen LogP contribution in [-0.2, 0) is 4.79 Å². The number of amides is 1. The highest BCUT2D eigenvalue weighted by atomic mass is 16.6. The average Bonchev–Trinajstić information content (AvgIpc) is 2.60. The summed E-state index contributed by atoms with van der Waals surface area (Å²) in [6.07, 6.45) is 0. The standard InChI is InChI=1S/C18H20N2O5/c1-13-6-5-9-16(14(13)2)24-11-10-19-18(21)12-25-17-8-4-3-7-15(17)20(22)23/h3-9H,10-12H2,1-2H3,(H,19,21). The number of carbonyl (C=O) groups is 1. The van der Waals surface area contributed by atoms with E-state index in [0.29, 0.717) is 13.2 Å². The Morgan fingerprint density at radius 2 is 1.80 bits per heavy atom. The van der Waals surface area contributed by atoms with Gasteiger partial charge >= 0.3 is 5.69 Å². The summed E-state index contributed by atoms with van der Waals surface area (Å²) in [5.41, 5.74) is 2.03. The number of nitrogens with one attached hydrogen (secondary N) is 1. The second kappa shape index (κ2) is 8.68. The highest BCUT2D eigenvalue weighted by Gasteiger charge is 2.14. The monoisotopic (exact) mass is 344 g/mol. The van der Waals surface area contributed by atoms with Crippen molar-refractivity contribution in [2.45, 2.75) is 13.8 Å². The zero-order valence-electron chi connectivity index (χ0n) is 14.2. The maximum Gasteiger partial charge on any atom is 0.310 e. The molecular weight excluding hydrogens is 324 g/mol. The molecule has 2 aromatic carbocycles. The van der Waals surface area contributed by atoms with E-state index in [1.807, 2.05) is 32.0 Å². The molecule has 1 N–H and O–H groups in total. The quantitative estimate of drug-likeness (QED) is 0.452. The van der Waals surface area contributed by atoms with Crippen molar-refractivity contribution in [3.05, 3.63) is 63.7 Å². The van der Waals surface area contributed by atoms with Crippen molar-refractivity contribution in [1.82, 2.24) is 5.32 Å². The van der Waals surface area contributed by atoms with Crippen LogP contribution in [0.15, 0.2) is 42.5 Å². The van der Waals surface area contributed by atoms with Gasteiger partial charge < -0.3 is 14.8 Å². The summed E-state index contributed by atoms with van der Waals surface area (Å²) >= 11 is 0. The zero-order valence-corrected chi connectivity index (χ0v) is 14.2. The van der Waals surface area contributed by atoms with Crippen LogP contribution in [0.2, 0.25) is 0 Å². The van der Waals surface area contributed by atoms with Crippen LogP contribution in [0.4, 0.5) is 5.69 Å². The number of hydrogen-bond donors (Lipinski definition) is 1. The third kappa shape index (κ3) is 5.20. The largest absolute Gasteiger partial charge is 0.491 e. The molecule has 7 nitrogen and oxygen atoms in total. The first-order valence-corrected chi connectivity index (χ1v) is 7.81. The number of rotatable bonds is 8. The third-order valence-electron chi connectivity index (χ3n) is 3.66. The summed E-state index contributed by atoms with van der Waals surface area (Å²) in [6, 6.07) is 11.7. The molecule has 0 atom stereocenters. The predicted molar refractivity (Wildman–Crippen MR) is 93.0 cm³/mol. The number of ether oxygens (including phenoxy) is 2. The summed E-state index contributed by atoms with van der Waals surface area (Å²) in [5.74, 6) is 0.474. The average molecular weight is 344 g/mol. The van der Waals surface area contributed by atoms with Crippen LogP contribution in [0, 0.1) is 24.0 Å². The van der Waals surface area contributed by atoms with Gasteiger partial charge in [-0.3, -0.25) is 14.9 Å². The number of benzene rings is 2. The fourth-order valence-corrected chi connectivity index (χ4v) is 2.16. The van der Waals surface area contributed by atoms with E-state index >= 15 is 0 Å². The molecule has 0 radical (unpaired) electrons. The lowest BCUT2D eigenvalue weighted by molar-refractivity contribution is -0.385. The van der Waals surface area contributed by atoms with Crippen molar-refractivity contribution in [3.63, 3.8) is 0 Å². The second-order valence-electron chi connectivity index (χ2n) is 5.41. The number of para-hydroxylation sites is 2. The molecule has 1 amide bonds. The van der Waals surface area contributed by atoms with E-state index in [1.165, 1.54) is 18.2 Å². The molecule has 2 aromatic rings. The lowest BCUT2D eigenvalue weighted by atomic mass is 10.1. The molecular formula is C18H20N2O5. The Kier molecular flexibility index (Phi) is 6.33. The molecule has 132 valence electrons. The van der Waals surface area contributed by atoms with Crippen molar-refractivity contribution in [2.24, 2.45) is 0 Å². The lowest BCUT2D eigenvalue weighted by Crippen LogP contribution is -2.32. The number of hydrogen-bond acceptors (Lipinski definition) is 5. The Hall–Kier alpha value is -3.09. The van der Waals surface area contributed by atoms with E-state index in [1.54, 1.807) is 6.07 Å². The van der Waals surface area contributed by atoms with Gasteiger partial charge in [-0.15, -0.1) is 0 Å². The van der Waals surface area contributed by atoms with Crippen molar-refractivity contribution in [3.8, 4) is 11.5 Å². The number of nitro benzene ring substituents is 1. The lowest BCUT2D eigenvalue weighted by Gasteiger charge is -2.11. The summed E-state index contributed by atoms with van der Waals surface area (Å²) < 4.78 is 10.9. The normalized spacial score (nSPS) is 10.2. The van der Waals surface area contributed by atoms with Crippen molar-refractivity contribution >= 4 is 11.6 Å². The summed E-state index contributed by atoms with van der Waals surface area (Å²) in [5, 5.41) is 13.5. The van der Waals surface area contributed by atoms with Crippen LogP contribution in [0.5, 0.6) is 11.5 Å². The van der Waals surface area contributed by atoms with Crippen molar-refractivity contribution in [1.29, 1.82) is 0 Å². The highest BCUT2D eigenvalue weighted by Crippen LogP contribution is 2.25. The van der Waals surface area contributed by atoms with Crippen LogP contribution in [0.25, 0.3) is 0 Å². The molecule has 0 fully saturated rings. The van der Waals surface area contributed by atoms with E-state index < -0.39 is 4.92 Å². The Labute approximate surface area is 145 Å². The minimum Gasteiger partial charge on any atom is -0.491 e. The molecule has 0 unspecified atom stereocenters. The molecule has 0 bridgehead atoms. The predicted octanol–water partition coefficient (Wildman–Crippen LogP) is 2.79. The van der Waals surface area contributed by atoms with E-state index in [4.69, 9.17) is 9.47 Å². The molecule has 0 heterocycles. The van der Waals surface area contributed by atoms with E-state index in [9.17, 15) is 14.9 Å². The Morgan fingerprint density at radius 3 is 2.56 bits per heavy atom. The first-order valence-electron chi connectivity index (χ1n) is 7.81. The number of aryl methyl sites for hydroxylation is 1. The number of nitro groups is 1. The number of nitrogens with zero attached hydrogens (tertiary/aromatic N) is 1. The Morgan fingerprint density at radius 1 is 1.08 bits per heavy atom. The molecule has 0 saturated carbocycles. The molecule has 0 aliphatic heterocycles. The first kappa shape index (κ1) is 18.3. The van der Waals surface area contributed by atoms with Crippen LogP contribution < -0.4 is 14.8 Å². The smallest absolute Gasteiger partial charge is 0.310 e. The van der Waals surface area contributed by atoms with Crippen molar-refractivity contribution < 1.29 is 19.2 Å². The summed E-state index contributed by atoms with van der Waals surface area (Å²) in [4.78, 5) is 22.1. The van der Waals surface area contributed by atoms with Gasteiger partial charge in [-0.2, -0.15) is 0 Å². The molecule has 0 aromatic heterocycles. The fraction of sp³-hybridized carbons (Fsp3) is 0.278. The van der Waals surface area contributed by atoms with Gasteiger partial charge in [-0.25, -0.2) is 0 Å². The van der Waals surface area contributed by atoms with Gasteiger partial charge in [-0.05, 0) is 37.1 Å². The Balaban J connectivity index is 1.75. The van der Waals surface area contributed by atoms with E-state index in [0.717, 1.165) is 16.9 Å². The van der Waals surface area contributed by atoms with Gasteiger partial charge in [0.25, 0.3) is 5.91 Å². The molecule has 2 rings (SSSR count). The van der Waals surface area contributed by atoms with Gasteiger partial charge in [-0.1, -0.05) is 24.3 Å². The maximum absolute atomic E-state index is 11.8. The molecule has 0 spiro atoms. The summed E-state index contributed by atoms with van der Waals surface area (Å²) in [7, 11) is 0. The van der Waals surface area contributed by atoms with Crippen molar-refractivity contribution in [2.75, 3.05) is 19.8 Å². The molecule has 0 saturated heterocycles. The maximum atomic E-state index is 11.8. The van der Waals surface area contributed by atoms with Gasteiger partial charge in [0.15, 0.2) is 12.4 Å².